The van der Waals surface area contributed by atoms with Crippen molar-refractivity contribution in [3.63, 3.8) is 0 Å². The summed E-state index contributed by atoms with van der Waals surface area (Å²) in [7, 11) is 0. The Bertz CT molecular complexity index is 660. The lowest BCUT2D eigenvalue weighted by atomic mass is 9.89. The van der Waals surface area contributed by atoms with Gasteiger partial charge in [0.2, 0.25) is 5.89 Å². The predicted octanol–water partition coefficient (Wildman–Crippen LogP) is 3.10. The highest BCUT2D eigenvalue weighted by Gasteiger charge is 2.23. The van der Waals surface area contributed by atoms with Gasteiger partial charge in [0.1, 0.15) is 17.4 Å². The van der Waals surface area contributed by atoms with Crippen molar-refractivity contribution < 1.29 is 18.1 Å². The van der Waals surface area contributed by atoms with Crippen molar-refractivity contribution in [2.24, 2.45) is 5.41 Å². The minimum atomic E-state index is -0.660. The first-order valence-corrected chi connectivity index (χ1v) is 6.54. The van der Waals surface area contributed by atoms with Gasteiger partial charge in [-0.1, -0.05) is 32.0 Å². The molecule has 2 rings (SSSR count). The van der Waals surface area contributed by atoms with Gasteiger partial charge in [0, 0.05) is 17.9 Å². The summed E-state index contributed by atoms with van der Waals surface area (Å²) in [6.07, 6.45) is 0.127. The molecule has 0 aliphatic carbocycles. The van der Waals surface area contributed by atoms with E-state index in [4.69, 9.17) is 4.52 Å². The molecule has 1 aromatic carbocycles. The molecule has 0 unspecified atom stereocenters. The fourth-order valence-corrected chi connectivity index (χ4v) is 1.67. The van der Waals surface area contributed by atoms with Gasteiger partial charge in [0.15, 0.2) is 5.82 Å². The fraction of sp³-hybridized carbons (Fsp3) is 0.400. The molecule has 112 valence electrons. The first kappa shape index (κ1) is 15.3. The van der Waals surface area contributed by atoms with Crippen molar-refractivity contribution in [2.45, 2.75) is 33.6 Å². The van der Waals surface area contributed by atoms with E-state index in [1.807, 2.05) is 0 Å². The van der Waals surface area contributed by atoms with E-state index in [1.54, 1.807) is 20.8 Å². The van der Waals surface area contributed by atoms with E-state index in [0.717, 1.165) is 6.07 Å². The molecule has 0 fully saturated rings. The Morgan fingerprint density at radius 2 is 2.00 bits per heavy atom. The lowest BCUT2D eigenvalue weighted by Crippen LogP contribution is -2.22. The van der Waals surface area contributed by atoms with E-state index in [1.165, 1.54) is 12.1 Å². The molecule has 0 spiro atoms. The lowest BCUT2D eigenvalue weighted by Gasteiger charge is -2.14. The van der Waals surface area contributed by atoms with Crippen molar-refractivity contribution in [3.8, 4) is 0 Å². The lowest BCUT2D eigenvalue weighted by molar-refractivity contribution is -0.125. The van der Waals surface area contributed by atoms with E-state index >= 15 is 0 Å². The van der Waals surface area contributed by atoms with Gasteiger partial charge >= 0.3 is 0 Å². The highest BCUT2D eigenvalue weighted by Crippen LogP contribution is 2.18. The Kier molecular flexibility index (Phi) is 4.16. The van der Waals surface area contributed by atoms with Crippen LogP contribution < -0.4 is 0 Å². The van der Waals surface area contributed by atoms with E-state index in [9.17, 15) is 13.6 Å². The Hall–Kier alpha value is -2.11. The molecule has 0 aliphatic heterocycles. The monoisotopic (exact) mass is 294 g/mol. The zero-order valence-electron chi connectivity index (χ0n) is 12.1. The second-order valence-corrected chi connectivity index (χ2v) is 5.87. The van der Waals surface area contributed by atoms with Crippen molar-refractivity contribution in [1.29, 1.82) is 0 Å². The van der Waals surface area contributed by atoms with Crippen LogP contribution in [0.25, 0.3) is 0 Å². The number of hydrogen-bond acceptors (Lipinski definition) is 4. The molecule has 6 heteroatoms. The number of carbonyl (C=O) groups is 1. The second-order valence-electron chi connectivity index (χ2n) is 5.87. The average Bonchev–Trinajstić information content (AvgIpc) is 2.79. The largest absolute Gasteiger partial charge is 0.339 e. The topological polar surface area (TPSA) is 56.0 Å². The van der Waals surface area contributed by atoms with Crippen LogP contribution in [0.3, 0.4) is 0 Å². The van der Waals surface area contributed by atoms with Crippen LogP contribution in [0, 0.1) is 17.0 Å². The third-order valence-electron chi connectivity index (χ3n) is 3.02. The van der Waals surface area contributed by atoms with E-state index in [2.05, 4.69) is 10.1 Å². The van der Waals surface area contributed by atoms with E-state index in [-0.39, 0.29) is 35.9 Å². The maximum Gasteiger partial charge on any atom is 0.234 e. The Morgan fingerprint density at radius 1 is 1.29 bits per heavy atom. The molecule has 4 nitrogen and oxygen atoms in total. The summed E-state index contributed by atoms with van der Waals surface area (Å²) in [5, 5.41) is 3.71. The smallest absolute Gasteiger partial charge is 0.234 e. The molecule has 0 amide bonds. The molecule has 1 aromatic heterocycles. The summed E-state index contributed by atoms with van der Waals surface area (Å²) < 4.78 is 31.3. The highest BCUT2D eigenvalue weighted by atomic mass is 19.1. The molecule has 1 heterocycles. The third kappa shape index (κ3) is 3.93. The van der Waals surface area contributed by atoms with Gasteiger partial charge in [-0.25, -0.2) is 8.78 Å². The maximum atomic E-state index is 13.5. The van der Waals surface area contributed by atoms with Gasteiger partial charge in [0.05, 0.1) is 6.42 Å². The van der Waals surface area contributed by atoms with Crippen molar-refractivity contribution in [2.75, 3.05) is 0 Å². The summed E-state index contributed by atoms with van der Waals surface area (Å²) in [6.45, 7) is 5.42. The maximum absolute atomic E-state index is 13.5. The number of benzene rings is 1. The summed E-state index contributed by atoms with van der Waals surface area (Å²) >= 11 is 0. The number of nitrogens with zero attached hydrogens (tertiary/aromatic N) is 2. The van der Waals surface area contributed by atoms with Gasteiger partial charge in [-0.15, -0.1) is 0 Å². The predicted molar refractivity (Wildman–Crippen MR) is 71.6 cm³/mol. The second kappa shape index (κ2) is 5.71. The number of ketones is 1. The van der Waals surface area contributed by atoms with Gasteiger partial charge in [-0.2, -0.15) is 4.98 Å². The molecule has 0 atom stereocenters. The van der Waals surface area contributed by atoms with Gasteiger partial charge in [-0.3, -0.25) is 4.79 Å². The Morgan fingerprint density at radius 3 is 2.62 bits per heavy atom. The molecule has 0 N–H and O–H groups in total. The Labute approximate surface area is 121 Å². The van der Waals surface area contributed by atoms with Crippen molar-refractivity contribution >= 4 is 5.78 Å². The number of halogens is 2. The van der Waals surface area contributed by atoms with E-state index in [0.29, 0.717) is 0 Å². The number of carbonyl (C=O) groups excluding carboxylic acids is 1. The molecular weight excluding hydrogens is 278 g/mol. The molecule has 2 aromatic rings. The quantitative estimate of drug-likeness (QED) is 0.869. The highest BCUT2D eigenvalue weighted by molar-refractivity contribution is 5.84. The van der Waals surface area contributed by atoms with Gasteiger partial charge in [-0.05, 0) is 11.6 Å². The molecule has 0 radical (unpaired) electrons. The zero-order valence-corrected chi connectivity index (χ0v) is 12.1. The first-order valence-electron chi connectivity index (χ1n) is 6.54. The molecule has 0 aliphatic rings. The number of aromatic nitrogens is 2. The normalized spacial score (nSPS) is 11.7. The van der Waals surface area contributed by atoms with Crippen LogP contribution in [0.5, 0.6) is 0 Å². The van der Waals surface area contributed by atoms with Crippen LogP contribution in [0.4, 0.5) is 8.78 Å². The van der Waals surface area contributed by atoms with Crippen LogP contribution >= 0.6 is 0 Å². The van der Waals surface area contributed by atoms with Crippen LogP contribution in [0.15, 0.2) is 22.7 Å². The average molecular weight is 294 g/mol. The minimum absolute atomic E-state index is 0.0225. The molecular formula is C15H16F2N2O2. The summed E-state index contributed by atoms with van der Waals surface area (Å²) in [5.74, 6) is -0.858. The van der Waals surface area contributed by atoms with Crippen LogP contribution in [-0.2, 0) is 17.6 Å². The number of hydrogen-bond donors (Lipinski definition) is 0. The third-order valence-corrected chi connectivity index (χ3v) is 3.02. The van der Waals surface area contributed by atoms with Crippen molar-refractivity contribution in [1.82, 2.24) is 10.1 Å². The molecule has 21 heavy (non-hydrogen) atoms. The minimum Gasteiger partial charge on any atom is -0.339 e. The summed E-state index contributed by atoms with van der Waals surface area (Å²) in [4.78, 5) is 15.9. The molecule has 0 saturated carbocycles. The number of rotatable bonds is 4. The molecule has 0 saturated heterocycles. The summed E-state index contributed by atoms with van der Waals surface area (Å²) in [5.41, 5.74) is -0.219. The van der Waals surface area contributed by atoms with Crippen LogP contribution in [0.2, 0.25) is 0 Å². The summed E-state index contributed by atoms with van der Waals surface area (Å²) in [6, 6.07) is 3.31. The standard InChI is InChI=1S/C15H16F2N2O2/c1-15(2,3)12(20)8-14-18-13(19-21-14)6-9-4-5-10(16)7-11(9)17/h4-5,7H,6,8H2,1-3H3. The van der Waals surface area contributed by atoms with Crippen LogP contribution in [0.1, 0.15) is 38.0 Å². The fourth-order valence-electron chi connectivity index (χ4n) is 1.67. The SMILES string of the molecule is CC(C)(C)C(=O)Cc1nc(Cc2ccc(F)cc2F)no1. The van der Waals surface area contributed by atoms with Crippen LogP contribution in [-0.4, -0.2) is 15.9 Å². The first-order chi connectivity index (χ1) is 9.75. The van der Waals surface area contributed by atoms with Gasteiger partial charge < -0.3 is 4.52 Å². The van der Waals surface area contributed by atoms with Gasteiger partial charge in [0.25, 0.3) is 0 Å². The van der Waals surface area contributed by atoms with Crippen molar-refractivity contribution in [3.05, 3.63) is 47.1 Å². The van der Waals surface area contributed by atoms with E-state index < -0.39 is 17.0 Å². The molecule has 0 bridgehead atoms. The Balaban J connectivity index is 2.08. The number of Topliss-reactive ketones (excluding diaryl/α,β-unsaturated/α-hetero) is 1. The zero-order chi connectivity index (χ0) is 15.6.